The van der Waals surface area contributed by atoms with Crippen molar-refractivity contribution in [2.75, 3.05) is 41.1 Å². The second kappa shape index (κ2) is 47.5. The molecule has 2 N–H and O–H groups in total. The Labute approximate surface area is 650 Å². The summed E-state index contributed by atoms with van der Waals surface area (Å²) in [6, 6.07) is 4.20. The third-order valence-electron chi connectivity index (χ3n) is 15.3. The number of halogens is 10. The quantitative estimate of drug-likeness (QED) is 0.0293. The van der Waals surface area contributed by atoms with E-state index in [0.717, 1.165) is 140 Å². The zero-order valence-electron chi connectivity index (χ0n) is 58.6. The Bertz CT molecular complexity index is 3700. The monoisotopic (exact) mass is 1760 g/mol. The Morgan fingerprint density at radius 3 is 1.49 bits per heavy atom. The van der Waals surface area contributed by atoms with Crippen LogP contribution in [0.2, 0.25) is 25.8 Å². The van der Waals surface area contributed by atoms with Crippen LogP contribution in [0.5, 0.6) is 0 Å². The van der Waals surface area contributed by atoms with Crippen molar-refractivity contribution in [2.24, 2.45) is 4.30 Å². The molecule has 0 fully saturated rings. The summed E-state index contributed by atoms with van der Waals surface area (Å²) >= 11 is 50.0. The molecular weight excluding hydrogens is 1680 g/mol. The van der Waals surface area contributed by atoms with Crippen LogP contribution in [0.4, 0.5) is 23.3 Å². The van der Waals surface area contributed by atoms with Gasteiger partial charge in [-0.15, -0.1) is 13.2 Å². The van der Waals surface area contributed by atoms with E-state index in [1.165, 1.54) is 11.8 Å². The molecule has 0 unspecified atom stereocenters. The maximum absolute atomic E-state index is 6.62. The van der Waals surface area contributed by atoms with Crippen LogP contribution in [0.3, 0.4) is 0 Å². The van der Waals surface area contributed by atoms with Gasteiger partial charge in [0.1, 0.15) is 56.5 Å². The number of nitrogens with zero attached hydrogens (tertiary/aromatic N) is 16. The van der Waals surface area contributed by atoms with Crippen LogP contribution in [-0.2, 0) is 6.42 Å². The molecule has 97 heavy (non-hydrogen) atoms. The van der Waals surface area contributed by atoms with E-state index in [9.17, 15) is 0 Å². The molecule has 0 amide bonds. The zero-order valence-corrected chi connectivity index (χ0v) is 71.2. The standard InChI is InChI=1S/C21H28ClN5.C12H16Br2ClN3.C12H15BrClN3.C9H12Br2ClN3.C9H14ClN3.C4H8.BHNS/c1-7-14-10-17(26(5)6)23-11-16(14)19-20(22)25-21-18(24-19)13(4)12-27(21)15(8-2)9-3;1-4-7-18(8(5-2)6-3)12-10(14)16-9(13)11(15)17-12;1-4-8(5-2)17-6-7(3)9-12(17)16-11(14)10(13)15-9;1-3-5(4-2)13-9-7(11)14-6(10)8(12)15-9;1-3-7(4-2)12-9-6-11-5-8(10)13-9;1-3-4-2;1-2-3/h10-12,15H,7-9H2,1-6H3;4,8H,1,5-7H2,2-3H3;6,8H,4-5H2,1-3H3;5H,3-4H2,1-2H3,(H,13,15);5-7H,3-4H2,1-2H3,(H,12,13);3H,1,4H2,2H3;3H. The van der Waals surface area contributed by atoms with Gasteiger partial charge in [-0.3, -0.25) is 4.98 Å². The van der Waals surface area contributed by atoms with E-state index in [-0.39, 0.29) is 0 Å². The number of thiol groups is 1. The SMILES string of the molecule is C=CCC.C=CCN(c1nc(Cl)c(Br)nc1Br)C(CC)CC.CCC(CC)Nc1cncc(Cl)n1.CCC(CC)Nc1nc(Cl)c(Br)nc1Br.CCC(CC)n1cc(C)c2nc(Br)c(Cl)nc21.CCc1cc(N(C)C)ncc1-c1nc2c(C)cn(C(CC)CC)c2nc1Cl.[B]=NS. The van der Waals surface area contributed by atoms with Gasteiger partial charge in [0, 0.05) is 75.0 Å². The summed E-state index contributed by atoms with van der Waals surface area (Å²) in [5.41, 5.74) is 8.68. The van der Waals surface area contributed by atoms with Crippen LogP contribution in [0, 0.1) is 13.8 Å². The van der Waals surface area contributed by atoms with E-state index in [1.807, 2.05) is 37.3 Å². The van der Waals surface area contributed by atoms with Gasteiger partial charge in [0.15, 0.2) is 43.5 Å². The summed E-state index contributed by atoms with van der Waals surface area (Å²) < 4.78 is 10.2. The molecule has 0 aliphatic carbocycles. The van der Waals surface area contributed by atoms with Gasteiger partial charge in [-0.1, -0.05) is 153 Å². The molecule has 0 aliphatic rings. The molecular formula is C67H94BBr5Cl5N18S. The third-order valence-corrected chi connectivity index (χ3v) is 20.0. The molecule has 8 aromatic rings. The summed E-state index contributed by atoms with van der Waals surface area (Å²) in [6.45, 7) is 37.9. The second-order valence-electron chi connectivity index (χ2n) is 22.0. The first-order chi connectivity index (χ1) is 46.2. The van der Waals surface area contributed by atoms with Gasteiger partial charge >= 0.3 is 24.8 Å². The molecule has 1 radical (unpaired) electrons. The van der Waals surface area contributed by atoms with Crippen LogP contribution in [0.15, 0.2) is 89.7 Å². The summed E-state index contributed by atoms with van der Waals surface area (Å²) in [6.07, 6.45) is 25.6. The predicted molar refractivity (Wildman–Crippen MR) is 436 cm³/mol. The Hall–Kier alpha value is -3.63. The number of fused-ring (bicyclic) bond motifs is 2. The van der Waals surface area contributed by atoms with Gasteiger partial charge in [0.2, 0.25) is 0 Å². The number of aromatic nitrogens is 13. The van der Waals surface area contributed by atoms with Crippen molar-refractivity contribution in [3.8, 4) is 11.3 Å². The van der Waals surface area contributed by atoms with E-state index in [2.05, 4.69) is 302 Å². The van der Waals surface area contributed by atoms with E-state index in [4.69, 9.17) is 68.0 Å². The van der Waals surface area contributed by atoms with Crippen molar-refractivity contribution >= 4 is 204 Å². The minimum absolute atomic E-state index is 0.367. The Morgan fingerprint density at radius 1 is 0.577 bits per heavy atom. The van der Waals surface area contributed by atoms with Crippen LogP contribution >= 0.6 is 150 Å². The summed E-state index contributed by atoms with van der Waals surface area (Å²) in [5, 5.41) is 8.56. The van der Waals surface area contributed by atoms with E-state index < -0.39 is 0 Å². The number of hydrogen-bond donors (Lipinski definition) is 3. The van der Waals surface area contributed by atoms with Crippen molar-refractivity contribution in [1.29, 1.82) is 0 Å². The van der Waals surface area contributed by atoms with Crippen molar-refractivity contribution in [1.82, 2.24) is 64.0 Å². The van der Waals surface area contributed by atoms with E-state index in [1.54, 1.807) is 6.20 Å². The average Bonchev–Trinajstić information content (AvgIpc) is 1.67. The van der Waals surface area contributed by atoms with Crippen molar-refractivity contribution in [3.05, 3.63) is 128 Å². The fraction of sp³-hybridized carbons (Fsp3) is 0.507. The predicted octanol–water partition coefficient (Wildman–Crippen LogP) is 23.5. The zero-order chi connectivity index (χ0) is 73.2. The number of anilines is 4. The van der Waals surface area contributed by atoms with E-state index >= 15 is 0 Å². The molecule has 8 heterocycles. The third kappa shape index (κ3) is 27.6. The fourth-order valence-corrected chi connectivity index (χ4v) is 12.7. The summed E-state index contributed by atoms with van der Waals surface area (Å²) in [5.74, 6) is 3.13. The number of pyridine rings is 1. The van der Waals surface area contributed by atoms with Crippen LogP contribution in [-0.4, -0.2) is 110 Å². The second-order valence-corrected chi connectivity index (χ2v) is 27.8. The van der Waals surface area contributed by atoms with E-state index in [0.29, 0.717) is 90.5 Å². The molecule has 30 heteroatoms. The fourth-order valence-electron chi connectivity index (χ4n) is 9.77. The van der Waals surface area contributed by atoms with Crippen molar-refractivity contribution in [2.45, 2.75) is 204 Å². The Kier molecular flexibility index (Phi) is 43.8. The minimum atomic E-state index is 0.367. The molecule has 18 nitrogen and oxygen atoms in total. The van der Waals surface area contributed by atoms with Gasteiger partial charge in [0.05, 0.1) is 12.4 Å². The molecule has 0 saturated carbocycles. The van der Waals surface area contributed by atoms with Crippen LogP contribution in [0.25, 0.3) is 33.6 Å². The van der Waals surface area contributed by atoms with Gasteiger partial charge in [-0.25, -0.2) is 49.8 Å². The molecule has 0 atom stereocenters. The molecule has 0 bridgehead atoms. The number of rotatable bonds is 24. The molecule has 0 spiro atoms. The van der Waals surface area contributed by atoms with Gasteiger partial charge in [-0.2, -0.15) is 0 Å². The van der Waals surface area contributed by atoms with Gasteiger partial charge in [-0.05, 0) is 193 Å². The first-order valence-electron chi connectivity index (χ1n) is 32.4. The average molecular weight is 1770 g/mol. The van der Waals surface area contributed by atoms with Gasteiger partial charge in [0.25, 0.3) is 0 Å². The van der Waals surface area contributed by atoms with Crippen molar-refractivity contribution < 1.29 is 0 Å². The summed E-state index contributed by atoms with van der Waals surface area (Å²) in [4.78, 5) is 52.4. The number of nitrogens with one attached hydrogen (secondary N) is 2. The topological polar surface area (TPSA) is 195 Å². The number of allylic oxidation sites excluding steroid dienone is 1. The Morgan fingerprint density at radius 2 is 1.04 bits per heavy atom. The maximum atomic E-state index is 6.62. The van der Waals surface area contributed by atoms with Crippen LogP contribution in [0.1, 0.15) is 182 Å². The molecule has 8 aromatic heterocycles. The molecule has 0 aliphatic heterocycles. The molecule has 8 rings (SSSR count). The Balaban J connectivity index is 0.000000411. The van der Waals surface area contributed by atoms with Gasteiger partial charge < -0.3 is 29.6 Å². The molecule has 0 saturated heterocycles. The number of hydrogen-bond acceptors (Lipinski definition) is 17. The molecule has 0 aromatic carbocycles. The normalized spacial score (nSPS) is 10.7. The number of aryl methyl sites for hydroxylation is 3. The first-order valence-corrected chi connectivity index (χ1v) is 38.7. The first kappa shape index (κ1) is 89.5. The summed E-state index contributed by atoms with van der Waals surface area (Å²) in [7, 11) is 8.32. The van der Waals surface area contributed by atoms with Crippen LogP contribution < -0.4 is 20.4 Å². The van der Waals surface area contributed by atoms with Crippen molar-refractivity contribution in [3.63, 3.8) is 0 Å². The molecule has 531 valence electrons.